The van der Waals surface area contributed by atoms with Crippen molar-refractivity contribution in [3.8, 4) is 0 Å². The summed E-state index contributed by atoms with van der Waals surface area (Å²) >= 11 is 0. The molecule has 1 N–H and O–H groups in total. The lowest BCUT2D eigenvalue weighted by Crippen LogP contribution is -3.00. The van der Waals surface area contributed by atoms with Gasteiger partial charge < -0.3 is 22.0 Å². The number of quaternary nitrogens is 1. The van der Waals surface area contributed by atoms with E-state index in [1.165, 1.54) is 0 Å². The van der Waals surface area contributed by atoms with Gasteiger partial charge in [-0.1, -0.05) is 6.58 Å². The molecule has 0 aromatic heterocycles. The predicted molar refractivity (Wildman–Crippen MR) is 48.7 cm³/mol. The van der Waals surface area contributed by atoms with E-state index in [4.69, 9.17) is 5.11 Å². The number of likely N-dealkylation sites (N-methyl/N-ethyl adjacent to an activating group) is 1. The highest BCUT2D eigenvalue weighted by Gasteiger charge is 2.30. The third kappa shape index (κ3) is 4.41. The first-order valence-electron chi connectivity index (χ1n) is 3.92. The van der Waals surface area contributed by atoms with Gasteiger partial charge in [-0.15, -0.1) is 0 Å². The van der Waals surface area contributed by atoms with Gasteiger partial charge in [-0.2, -0.15) is 0 Å². The van der Waals surface area contributed by atoms with Crippen LogP contribution in [0, 0.1) is 0 Å². The van der Waals surface area contributed by atoms with Crippen molar-refractivity contribution in [1.29, 1.82) is 0 Å². The van der Waals surface area contributed by atoms with Gasteiger partial charge in [0, 0.05) is 0 Å². The van der Waals surface area contributed by atoms with E-state index in [-0.39, 0.29) is 30.8 Å². The average Bonchev–Trinajstić information content (AvgIpc) is 1.85. The van der Waals surface area contributed by atoms with E-state index in [1.54, 1.807) is 6.92 Å². The van der Waals surface area contributed by atoms with Gasteiger partial charge in [0.05, 0.1) is 21.1 Å². The van der Waals surface area contributed by atoms with E-state index in [9.17, 15) is 4.79 Å². The Kier molecular flexibility index (Phi) is 6.24. The molecule has 0 aliphatic rings. The predicted octanol–water partition coefficient (Wildman–Crippen LogP) is -2.80. The van der Waals surface area contributed by atoms with Gasteiger partial charge in [-0.05, 0) is 12.5 Å². The number of rotatable bonds is 4. The molecule has 0 aliphatic heterocycles. The van der Waals surface area contributed by atoms with Crippen LogP contribution < -0.4 is 12.4 Å². The first kappa shape index (κ1) is 15.1. The molecule has 0 saturated carbocycles. The molecule has 13 heavy (non-hydrogen) atoms. The molecule has 0 amide bonds. The maximum atomic E-state index is 11.4. The Morgan fingerprint density at radius 3 is 1.92 bits per heavy atom. The van der Waals surface area contributed by atoms with Gasteiger partial charge in [0.2, 0.25) is 5.78 Å². The maximum Gasteiger partial charge on any atom is 0.217 e. The third-order valence-corrected chi connectivity index (χ3v) is 1.83. The summed E-state index contributed by atoms with van der Waals surface area (Å²) in [6.45, 7) is 5.10. The van der Waals surface area contributed by atoms with Crippen molar-refractivity contribution in [3.63, 3.8) is 0 Å². The fourth-order valence-corrected chi connectivity index (χ4v) is 0.964. The van der Waals surface area contributed by atoms with Crippen molar-refractivity contribution in [2.24, 2.45) is 0 Å². The lowest BCUT2D eigenvalue weighted by atomic mass is 10.1. The summed E-state index contributed by atoms with van der Waals surface area (Å²) in [4.78, 5) is 11.4. The molecule has 0 heterocycles. The number of aliphatic hydroxyl groups is 1. The van der Waals surface area contributed by atoms with Crippen LogP contribution in [0.15, 0.2) is 12.2 Å². The summed E-state index contributed by atoms with van der Waals surface area (Å²) in [5.41, 5.74) is 0.502. The van der Waals surface area contributed by atoms with Crippen molar-refractivity contribution in [3.05, 3.63) is 12.2 Å². The van der Waals surface area contributed by atoms with E-state index < -0.39 is 0 Å². The monoisotopic (exact) mass is 207 g/mol. The van der Waals surface area contributed by atoms with E-state index in [2.05, 4.69) is 6.58 Å². The van der Waals surface area contributed by atoms with E-state index in [0.717, 1.165) is 0 Å². The topological polar surface area (TPSA) is 37.3 Å². The number of carbonyl (C=O) groups excluding carboxylic acids is 1. The Morgan fingerprint density at radius 2 is 1.85 bits per heavy atom. The molecule has 78 valence electrons. The van der Waals surface area contributed by atoms with E-state index >= 15 is 0 Å². The van der Waals surface area contributed by atoms with Gasteiger partial charge in [0.1, 0.15) is 6.61 Å². The number of aliphatic hydroxyl groups excluding tert-OH is 1. The highest BCUT2D eigenvalue weighted by Crippen LogP contribution is 2.07. The summed E-state index contributed by atoms with van der Waals surface area (Å²) in [5, 5.41) is 9.00. The molecule has 1 atom stereocenters. The van der Waals surface area contributed by atoms with Gasteiger partial charge in [-0.25, -0.2) is 0 Å². The number of ketones is 1. The van der Waals surface area contributed by atoms with Gasteiger partial charge in [0.25, 0.3) is 0 Å². The molecule has 0 radical (unpaired) electrons. The Morgan fingerprint density at radius 1 is 1.46 bits per heavy atom. The molecule has 0 saturated heterocycles. The number of hydrogen-bond acceptors (Lipinski definition) is 2. The zero-order valence-corrected chi connectivity index (χ0v) is 9.43. The quantitative estimate of drug-likeness (QED) is 0.400. The molecule has 0 aliphatic carbocycles. The number of carbonyl (C=O) groups is 1. The number of hydrogen-bond donors (Lipinski definition) is 1. The zero-order valence-electron chi connectivity index (χ0n) is 8.67. The highest BCUT2D eigenvalue weighted by atomic mass is 35.5. The lowest BCUT2D eigenvalue weighted by molar-refractivity contribution is -0.886. The summed E-state index contributed by atoms with van der Waals surface area (Å²) < 4.78 is 0.433. The first-order valence-corrected chi connectivity index (χ1v) is 3.92. The van der Waals surface area contributed by atoms with Crippen molar-refractivity contribution >= 4 is 5.78 Å². The van der Waals surface area contributed by atoms with Crippen LogP contribution in [0.3, 0.4) is 0 Å². The van der Waals surface area contributed by atoms with Crippen LogP contribution in [-0.2, 0) is 4.79 Å². The molecule has 0 aromatic rings. The lowest BCUT2D eigenvalue weighted by Gasteiger charge is -2.31. The van der Waals surface area contributed by atoms with Crippen LogP contribution in [0.5, 0.6) is 0 Å². The normalized spacial score (nSPS) is 13.0. The van der Waals surface area contributed by atoms with Gasteiger partial charge in [0.15, 0.2) is 6.04 Å². The van der Waals surface area contributed by atoms with Crippen LogP contribution in [0.1, 0.15) is 6.92 Å². The second-order valence-corrected chi connectivity index (χ2v) is 3.96. The van der Waals surface area contributed by atoms with Crippen molar-refractivity contribution in [2.75, 3.05) is 27.7 Å². The molecular weight excluding hydrogens is 190 g/mol. The van der Waals surface area contributed by atoms with Crippen LogP contribution >= 0.6 is 0 Å². The van der Waals surface area contributed by atoms with Gasteiger partial charge in [-0.3, -0.25) is 4.79 Å². The van der Waals surface area contributed by atoms with Crippen molar-refractivity contribution < 1.29 is 26.8 Å². The fraction of sp³-hybridized carbons (Fsp3) is 0.667. The molecule has 3 nitrogen and oxygen atoms in total. The van der Waals surface area contributed by atoms with Gasteiger partial charge >= 0.3 is 0 Å². The molecule has 0 aromatic carbocycles. The number of nitrogens with zero attached hydrogens (tertiary/aromatic N) is 1. The van der Waals surface area contributed by atoms with Crippen LogP contribution in [0.4, 0.5) is 0 Å². The standard InChI is InChI=1S/C9H18NO2.ClH/c1-7(2)9(12)8(6-11)10(3,4)5;/h8,11H,1,6H2,2-5H3;1H/q+1;/p-1. The fourth-order valence-electron chi connectivity index (χ4n) is 0.964. The Labute approximate surface area is 86.0 Å². The Balaban J connectivity index is 0. The largest absolute Gasteiger partial charge is 1.00 e. The van der Waals surface area contributed by atoms with Crippen molar-refractivity contribution in [2.45, 2.75) is 13.0 Å². The molecular formula is C9H18ClNO2. The molecule has 0 fully saturated rings. The van der Waals surface area contributed by atoms with E-state index in [1.807, 2.05) is 21.1 Å². The molecule has 0 bridgehead atoms. The minimum absolute atomic E-state index is 0. The summed E-state index contributed by atoms with van der Waals surface area (Å²) in [5.74, 6) is -0.0648. The SMILES string of the molecule is C=C(C)C(=O)C(CO)[N+](C)(C)C.[Cl-]. The van der Waals surface area contributed by atoms with Crippen LogP contribution in [0.2, 0.25) is 0 Å². The van der Waals surface area contributed by atoms with E-state index in [0.29, 0.717) is 10.1 Å². The summed E-state index contributed by atoms with van der Waals surface area (Å²) in [6, 6.07) is -0.387. The third-order valence-electron chi connectivity index (χ3n) is 1.83. The smallest absolute Gasteiger partial charge is 0.217 e. The number of Topliss-reactive ketones (excluding diaryl/α,β-unsaturated/α-hetero) is 1. The molecule has 4 heteroatoms. The van der Waals surface area contributed by atoms with Crippen LogP contribution in [-0.4, -0.2) is 49.2 Å². The molecule has 0 spiro atoms. The summed E-state index contributed by atoms with van der Waals surface area (Å²) in [6.07, 6.45) is 0. The second kappa shape index (κ2) is 5.37. The Bertz CT molecular complexity index is 196. The minimum Gasteiger partial charge on any atom is -1.00 e. The highest BCUT2D eigenvalue weighted by molar-refractivity contribution is 5.97. The minimum atomic E-state index is -0.387. The second-order valence-electron chi connectivity index (χ2n) is 3.96. The zero-order chi connectivity index (χ0) is 9.94. The first-order chi connectivity index (χ1) is 5.30. The molecule has 1 unspecified atom stereocenters. The number of halogens is 1. The summed E-state index contributed by atoms with van der Waals surface area (Å²) in [7, 11) is 5.63. The molecule has 0 rings (SSSR count). The Hall–Kier alpha value is -0.380. The maximum absolute atomic E-state index is 11.4. The van der Waals surface area contributed by atoms with Crippen LogP contribution in [0.25, 0.3) is 0 Å². The van der Waals surface area contributed by atoms with Crippen molar-refractivity contribution in [1.82, 2.24) is 0 Å². The average molecular weight is 208 g/mol.